The van der Waals surface area contributed by atoms with Gasteiger partial charge in [0.1, 0.15) is 5.69 Å². The van der Waals surface area contributed by atoms with Crippen molar-refractivity contribution in [1.82, 2.24) is 10.3 Å². The van der Waals surface area contributed by atoms with Crippen molar-refractivity contribution in [2.45, 2.75) is 6.54 Å². The van der Waals surface area contributed by atoms with Crippen molar-refractivity contribution in [2.24, 2.45) is 0 Å². The summed E-state index contributed by atoms with van der Waals surface area (Å²) in [5, 5.41) is 15.2. The number of benzene rings is 1. The van der Waals surface area contributed by atoms with Crippen LogP contribution in [0.1, 0.15) is 16.1 Å². The maximum atomic E-state index is 11.9. The van der Waals surface area contributed by atoms with E-state index < -0.39 is 16.5 Å². The fourth-order valence-electron chi connectivity index (χ4n) is 1.48. The van der Waals surface area contributed by atoms with Gasteiger partial charge in [0.15, 0.2) is 0 Å². The molecule has 1 heterocycles. The van der Waals surface area contributed by atoms with Gasteiger partial charge in [-0.2, -0.15) is 0 Å². The maximum absolute atomic E-state index is 11.9. The lowest BCUT2D eigenvalue weighted by Gasteiger charge is -2.06. The Morgan fingerprint density at radius 3 is 2.90 bits per heavy atom. The van der Waals surface area contributed by atoms with Gasteiger partial charge in [-0.05, 0) is 6.07 Å². The maximum Gasteiger partial charge on any atom is 0.294 e. The molecule has 2 aromatic rings. The lowest BCUT2D eigenvalue weighted by molar-refractivity contribution is -0.383. The molecule has 0 unspecified atom stereocenters. The molecule has 1 amide bonds. The van der Waals surface area contributed by atoms with Crippen LogP contribution in [0.3, 0.4) is 0 Å². The Bertz CT molecular complexity index is 660. The molecular weight excluding hydrogens is 304 g/mol. The summed E-state index contributed by atoms with van der Waals surface area (Å²) in [7, 11) is 0. The molecule has 0 aliphatic heterocycles. The van der Waals surface area contributed by atoms with Gasteiger partial charge < -0.3 is 11.1 Å². The second-order valence-electron chi connectivity index (χ2n) is 3.81. The molecule has 0 aliphatic rings. The summed E-state index contributed by atoms with van der Waals surface area (Å²) in [6.45, 7) is 0.234. The van der Waals surface area contributed by atoms with Crippen molar-refractivity contribution >= 4 is 40.2 Å². The SMILES string of the molecule is Nc1c(Cl)cc(C(=O)NCc2cscn2)cc1[N+](=O)[O-]. The van der Waals surface area contributed by atoms with E-state index in [9.17, 15) is 14.9 Å². The predicted molar refractivity (Wildman–Crippen MR) is 75.8 cm³/mol. The van der Waals surface area contributed by atoms with Crippen LogP contribution < -0.4 is 11.1 Å². The molecule has 0 saturated heterocycles. The second kappa shape index (κ2) is 5.85. The molecule has 0 spiro atoms. The molecule has 0 aliphatic carbocycles. The number of anilines is 1. The number of hydrogen-bond acceptors (Lipinski definition) is 6. The Balaban J connectivity index is 2.19. The van der Waals surface area contributed by atoms with Gasteiger partial charge in [0.2, 0.25) is 0 Å². The van der Waals surface area contributed by atoms with E-state index in [0.717, 1.165) is 6.07 Å². The number of nitrogen functional groups attached to an aromatic ring is 1. The topological polar surface area (TPSA) is 111 Å². The molecule has 0 fully saturated rings. The van der Waals surface area contributed by atoms with Crippen LogP contribution in [0.2, 0.25) is 5.02 Å². The summed E-state index contributed by atoms with van der Waals surface area (Å²) in [4.78, 5) is 26.1. The molecule has 9 heteroatoms. The predicted octanol–water partition coefficient (Wildman–Crippen LogP) is 2.22. The third-order valence-corrected chi connectivity index (χ3v) is 3.43. The lowest BCUT2D eigenvalue weighted by Crippen LogP contribution is -2.23. The average Bonchev–Trinajstić information content (AvgIpc) is 2.91. The van der Waals surface area contributed by atoms with E-state index in [1.54, 1.807) is 10.9 Å². The largest absolute Gasteiger partial charge is 0.392 e. The number of halogens is 1. The van der Waals surface area contributed by atoms with Crippen LogP contribution in [0.15, 0.2) is 23.0 Å². The van der Waals surface area contributed by atoms with Gasteiger partial charge in [-0.3, -0.25) is 14.9 Å². The summed E-state index contributed by atoms with van der Waals surface area (Å²) >= 11 is 7.20. The van der Waals surface area contributed by atoms with Crippen LogP contribution in [-0.2, 0) is 6.54 Å². The van der Waals surface area contributed by atoms with Crippen molar-refractivity contribution in [3.8, 4) is 0 Å². The Morgan fingerprint density at radius 1 is 1.55 bits per heavy atom. The molecule has 104 valence electrons. The quantitative estimate of drug-likeness (QED) is 0.511. The molecule has 0 saturated carbocycles. The number of rotatable bonds is 4. The van der Waals surface area contributed by atoms with Crippen LogP contribution in [0.4, 0.5) is 11.4 Å². The molecule has 0 atom stereocenters. The van der Waals surface area contributed by atoms with Gasteiger partial charge in [-0.25, -0.2) is 4.98 Å². The number of aromatic nitrogens is 1. The first-order chi connectivity index (χ1) is 9.49. The van der Waals surface area contributed by atoms with Crippen molar-refractivity contribution in [3.63, 3.8) is 0 Å². The number of nitrogens with two attached hydrogens (primary N) is 1. The van der Waals surface area contributed by atoms with Crippen molar-refractivity contribution in [1.29, 1.82) is 0 Å². The molecule has 1 aromatic heterocycles. The van der Waals surface area contributed by atoms with Crippen LogP contribution >= 0.6 is 22.9 Å². The Labute approximate surface area is 122 Å². The van der Waals surface area contributed by atoms with Crippen molar-refractivity contribution in [3.05, 3.63) is 49.4 Å². The molecule has 0 bridgehead atoms. The Kier molecular flexibility index (Phi) is 4.16. The molecule has 2 rings (SSSR count). The zero-order valence-electron chi connectivity index (χ0n) is 10.00. The molecule has 3 N–H and O–H groups in total. The van der Waals surface area contributed by atoms with Gasteiger partial charge in [-0.15, -0.1) is 11.3 Å². The van der Waals surface area contributed by atoms with Gasteiger partial charge in [0, 0.05) is 17.0 Å². The highest BCUT2D eigenvalue weighted by molar-refractivity contribution is 7.07. The van der Waals surface area contributed by atoms with Gasteiger partial charge in [0.25, 0.3) is 11.6 Å². The average molecular weight is 313 g/mol. The third-order valence-electron chi connectivity index (χ3n) is 2.48. The van der Waals surface area contributed by atoms with E-state index in [1.807, 2.05) is 0 Å². The fraction of sp³-hybridized carbons (Fsp3) is 0.0909. The van der Waals surface area contributed by atoms with E-state index in [1.165, 1.54) is 17.4 Å². The number of thiazole rings is 1. The number of nitrogens with one attached hydrogen (secondary N) is 1. The standard InChI is InChI=1S/C11H9ClN4O3S/c12-8-1-6(2-9(10(8)13)16(18)19)11(17)14-3-7-4-20-5-15-7/h1-2,4-5H,3,13H2,(H,14,17). The van der Waals surface area contributed by atoms with Gasteiger partial charge in [0.05, 0.1) is 27.7 Å². The second-order valence-corrected chi connectivity index (χ2v) is 4.94. The van der Waals surface area contributed by atoms with E-state index in [-0.39, 0.29) is 22.8 Å². The van der Waals surface area contributed by atoms with Crippen LogP contribution in [-0.4, -0.2) is 15.8 Å². The lowest BCUT2D eigenvalue weighted by atomic mass is 10.1. The summed E-state index contributed by atoms with van der Waals surface area (Å²) in [6, 6.07) is 2.39. The van der Waals surface area contributed by atoms with Gasteiger partial charge in [-0.1, -0.05) is 11.6 Å². The molecule has 20 heavy (non-hydrogen) atoms. The summed E-state index contributed by atoms with van der Waals surface area (Å²) in [5.74, 6) is -0.483. The molecule has 0 radical (unpaired) electrons. The zero-order valence-corrected chi connectivity index (χ0v) is 11.6. The molecule has 7 nitrogen and oxygen atoms in total. The Hall–Kier alpha value is -2.19. The first-order valence-electron chi connectivity index (χ1n) is 5.37. The number of hydrogen-bond donors (Lipinski definition) is 2. The van der Waals surface area contributed by atoms with Gasteiger partial charge >= 0.3 is 0 Å². The number of carbonyl (C=O) groups is 1. The van der Waals surface area contributed by atoms with E-state index in [0.29, 0.717) is 5.69 Å². The minimum Gasteiger partial charge on any atom is -0.392 e. The third kappa shape index (κ3) is 3.03. The minimum atomic E-state index is -0.682. The highest BCUT2D eigenvalue weighted by Crippen LogP contribution is 2.30. The number of amides is 1. The zero-order chi connectivity index (χ0) is 14.7. The normalized spacial score (nSPS) is 10.2. The fourth-order valence-corrected chi connectivity index (χ4v) is 2.26. The van der Waals surface area contributed by atoms with Crippen LogP contribution in [0.5, 0.6) is 0 Å². The molecule has 1 aromatic carbocycles. The number of nitro benzene ring substituents is 1. The van der Waals surface area contributed by atoms with E-state index in [4.69, 9.17) is 17.3 Å². The highest BCUT2D eigenvalue weighted by atomic mass is 35.5. The van der Waals surface area contributed by atoms with Crippen molar-refractivity contribution in [2.75, 3.05) is 5.73 Å². The first-order valence-corrected chi connectivity index (χ1v) is 6.70. The van der Waals surface area contributed by atoms with Crippen molar-refractivity contribution < 1.29 is 9.72 Å². The Morgan fingerprint density at radius 2 is 2.30 bits per heavy atom. The summed E-state index contributed by atoms with van der Waals surface area (Å²) in [5.41, 5.74) is 7.37. The number of nitrogens with zero attached hydrogens (tertiary/aromatic N) is 2. The molecular formula is C11H9ClN4O3S. The van der Waals surface area contributed by atoms with Crippen LogP contribution in [0.25, 0.3) is 0 Å². The summed E-state index contributed by atoms with van der Waals surface area (Å²) < 4.78 is 0. The highest BCUT2D eigenvalue weighted by Gasteiger charge is 2.19. The first kappa shape index (κ1) is 14.2. The monoisotopic (exact) mass is 312 g/mol. The summed E-state index contributed by atoms with van der Waals surface area (Å²) in [6.07, 6.45) is 0. The number of nitro groups is 1. The smallest absolute Gasteiger partial charge is 0.294 e. The van der Waals surface area contributed by atoms with Crippen LogP contribution in [0, 0.1) is 10.1 Å². The van der Waals surface area contributed by atoms with E-state index >= 15 is 0 Å². The minimum absolute atomic E-state index is 0.0296. The van der Waals surface area contributed by atoms with E-state index in [2.05, 4.69) is 10.3 Å². The number of carbonyl (C=O) groups excluding carboxylic acids is 1.